The highest BCUT2D eigenvalue weighted by Crippen LogP contribution is 2.68. The summed E-state index contributed by atoms with van der Waals surface area (Å²) in [7, 11) is 0. The molecule has 9 atom stereocenters. The average molecular weight is 479 g/mol. The van der Waals surface area contributed by atoms with Crippen LogP contribution in [-0.4, -0.2) is 16.7 Å². The van der Waals surface area contributed by atoms with E-state index in [2.05, 4.69) is 34.6 Å². The Hall–Kier alpha value is 0.240. The van der Waals surface area contributed by atoms with Gasteiger partial charge >= 0.3 is 0 Å². The molecule has 0 heterocycles. The fourth-order valence-corrected chi connectivity index (χ4v) is 9.90. The molecular formula is C29H50OS2. The minimum atomic E-state index is 0.376. The Morgan fingerprint density at radius 2 is 1.66 bits per heavy atom. The summed E-state index contributed by atoms with van der Waals surface area (Å²) in [5.74, 6) is 6.55. The quantitative estimate of drug-likeness (QED) is 0.352. The predicted octanol–water partition coefficient (Wildman–Crippen LogP) is 9.14. The van der Waals surface area contributed by atoms with Crippen LogP contribution in [0.15, 0.2) is 0 Å². The summed E-state index contributed by atoms with van der Waals surface area (Å²) in [4.78, 5) is 0. The molecule has 0 radical (unpaired) electrons. The first-order chi connectivity index (χ1) is 15.2. The summed E-state index contributed by atoms with van der Waals surface area (Å²) >= 11 is 6.97. The van der Waals surface area contributed by atoms with Crippen LogP contribution in [-0.2, 0) is 4.74 Å². The first-order valence-corrected chi connectivity index (χ1v) is 15.6. The largest absolute Gasteiger partial charge is 0.475 e. The van der Waals surface area contributed by atoms with E-state index in [0.29, 0.717) is 16.9 Å². The van der Waals surface area contributed by atoms with Crippen LogP contribution in [0.5, 0.6) is 0 Å². The van der Waals surface area contributed by atoms with Gasteiger partial charge in [-0.1, -0.05) is 65.6 Å². The van der Waals surface area contributed by atoms with Crippen molar-refractivity contribution in [1.29, 1.82) is 0 Å². The van der Waals surface area contributed by atoms with E-state index in [1.165, 1.54) is 77.0 Å². The van der Waals surface area contributed by atoms with Crippen molar-refractivity contribution in [3.8, 4) is 0 Å². The van der Waals surface area contributed by atoms with Crippen LogP contribution in [0.3, 0.4) is 0 Å². The molecule has 4 aliphatic carbocycles. The van der Waals surface area contributed by atoms with Crippen molar-refractivity contribution in [1.82, 2.24) is 0 Å². The van der Waals surface area contributed by atoms with Gasteiger partial charge in [0.15, 0.2) is 0 Å². The molecule has 1 nitrogen and oxygen atoms in total. The second kappa shape index (κ2) is 10.1. The van der Waals surface area contributed by atoms with E-state index in [1.54, 1.807) is 11.8 Å². The molecule has 0 amide bonds. The number of fused-ring (bicyclic) bond motifs is 5. The van der Waals surface area contributed by atoms with E-state index in [0.717, 1.165) is 45.8 Å². The lowest BCUT2D eigenvalue weighted by molar-refractivity contribution is -0.127. The zero-order chi connectivity index (χ0) is 23.1. The molecule has 0 N–H and O–H groups in total. The third-order valence-corrected chi connectivity index (χ3v) is 12.3. The second-order valence-electron chi connectivity index (χ2n) is 13.2. The van der Waals surface area contributed by atoms with E-state index >= 15 is 0 Å². The minimum Gasteiger partial charge on any atom is -0.475 e. The van der Waals surface area contributed by atoms with Gasteiger partial charge in [0.2, 0.25) is 4.38 Å². The lowest BCUT2D eigenvalue weighted by Gasteiger charge is -2.61. The molecule has 4 aliphatic rings. The van der Waals surface area contributed by atoms with E-state index in [4.69, 9.17) is 17.0 Å². The van der Waals surface area contributed by atoms with Gasteiger partial charge in [-0.25, -0.2) is 0 Å². The summed E-state index contributed by atoms with van der Waals surface area (Å²) in [5, 5.41) is 0. The van der Waals surface area contributed by atoms with E-state index in [-0.39, 0.29) is 0 Å². The molecule has 4 saturated carbocycles. The summed E-state index contributed by atoms with van der Waals surface area (Å²) in [5.41, 5.74) is 1.17. The van der Waals surface area contributed by atoms with Gasteiger partial charge in [0.25, 0.3) is 0 Å². The number of ether oxygens (including phenoxy) is 1. The molecule has 0 bridgehead atoms. The highest BCUT2D eigenvalue weighted by molar-refractivity contribution is 8.22. The Balaban J connectivity index is 1.42. The minimum absolute atomic E-state index is 0.376. The molecule has 0 aromatic heterocycles. The Bertz CT molecular complexity index is 662. The third kappa shape index (κ3) is 4.69. The molecule has 0 unspecified atom stereocenters. The molecule has 0 aliphatic heterocycles. The fourth-order valence-electron chi connectivity index (χ4n) is 9.53. The van der Waals surface area contributed by atoms with Crippen LogP contribution >= 0.6 is 24.0 Å². The van der Waals surface area contributed by atoms with Gasteiger partial charge in [0, 0.05) is 0 Å². The molecule has 0 aromatic carbocycles. The van der Waals surface area contributed by atoms with Crippen molar-refractivity contribution in [3.05, 3.63) is 0 Å². The molecule has 0 spiro atoms. The standard InChI is InChI=1S/C29H50OS2/c1-19(2)8-7-9-20(3)24-12-13-25-23-11-10-21-18-22(30-27(31)32-6)14-16-28(21,4)26(23)15-17-29(24,25)5/h19-26H,7-18H2,1-6H3/t20-,21+,22+,23+,24-,25+,26+,28+,29-/m1/s1. The normalized spacial score (nSPS) is 44.5. The fraction of sp³-hybridized carbons (Fsp3) is 0.966. The van der Waals surface area contributed by atoms with E-state index in [1.807, 2.05) is 6.26 Å². The maximum absolute atomic E-state index is 6.14. The van der Waals surface area contributed by atoms with Crippen molar-refractivity contribution < 1.29 is 4.74 Å². The summed E-state index contributed by atoms with van der Waals surface area (Å²) < 4.78 is 6.89. The van der Waals surface area contributed by atoms with Crippen molar-refractivity contribution in [2.75, 3.05) is 6.26 Å². The van der Waals surface area contributed by atoms with Gasteiger partial charge in [0.1, 0.15) is 6.10 Å². The zero-order valence-electron chi connectivity index (χ0n) is 21.8. The van der Waals surface area contributed by atoms with E-state index in [9.17, 15) is 0 Å². The average Bonchev–Trinajstić information content (AvgIpc) is 3.11. The van der Waals surface area contributed by atoms with Crippen molar-refractivity contribution >= 4 is 28.4 Å². The summed E-state index contributed by atoms with van der Waals surface area (Å²) in [6.45, 7) is 12.8. The topological polar surface area (TPSA) is 9.23 Å². The predicted molar refractivity (Wildman–Crippen MR) is 144 cm³/mol. The monoisotopic (exact) mass is 478 g/mol. The highest BCUT2D eigenvalue weighted by Gasteiger charge is 2.60. The van der Waals surface area contributed by atoms with Gasteiger partial charge in [0.05, 0.1) is 0 Å². The van der Waals surface area contributed by atoms with Crippen LogP contribution < -0.4 is 0 Å². The molecule has 4 fully saturated rings. The number of thioether (sulfide) groups is 1. The highest BCUT2D eigenvalue weighted by atomic mass is 32.2. The third-order valence-electron chi connectivity index (χ3n) is 11.2. The molecule has 3 heteroatoms. The van der Waals surface area contributed by atoms with Crippen molar-refractivity contribution in [3.63, 3.8) is 0 Å². The summed E-state index contributed by atoms with van der Waals surface area (Å²) in [6.07, 6.45) is 19.5. The van der Waals surface area contributed by atoms with Gasteiger partial charge in [-0.15, -0.1) is 0 Å². The van der Waals surface area contributed by atoms with Crippen LogP contribution in [0.25, 0.3) is 0 Å². The Kier molecular flexibility index (Phi) is 7.98. The van der Waals surface area contributed by atoms with Crippen LogP contribution in [0.1, 0.15) is 112 Å². The number of hydrogen-bond acceptors (Lipinski definition) is 3. The van der Waals surface area contributed by atoms with Gasteiger partial charge < -0.3 is 4.74 Å². The van der Waals surface area contributed by atoms with Crippen molar-refractivity contribution in [2.24, 2.45) is 52.3 Å². The van der Waals surface area contributed by atoms with Gasteiger partial charge in [-0.2, -0.15) is 0 Å². The smallest absolute Gasteiger partial charge is 0.219 e. The molecule has 184 valence electrons. The molecular weight excluding hydrogens is 428 g/mol. The Morgan fingerprint density at radius 1 is 0.938 bits per heavy atom. The number of hydrogen-bond donors (Lipinski definition) is 0. The van der Waals surface area contributed by atoms with Gasteiger partial charge in [-0.05, 0) is 129 Å². The molecule has 0 aromatic rings. The molecule has 4 rings (SSSR count). The number of rotatable bonds is 6. The Morgan fingerprint density at radius 3 is 2.38 bits per heavy atom. The first kappa shape index (κ1) is 25.3. The SMILES string of the molecule is CSC(=S)O[C@H]1CC[C@@]2(C)[C@@H](CC[C@@H]3[C@@H]2CC[C@]2(C)[C@@H]([C@H](C)CCCC(C)C)CC[C@@H]32)C1. The van der Waals surface area contributed by atoms with Crippen LogP contribution in [0.2, 0.25) is 0 Å². The van der Waals surface area contributed by atoms with Gasteiger partial charge in [-0.3, -0.25) is 0 Å². The maximum atomic E-state index is 6.14. The van der Waals surface area contributed by atoms with Crippen LogP contribution in [0.4, 0.5) is 0 Å². The second-order valence-corrected chi connectivity index (χ2v) is 14.6. The Labute approximate surface area is 209 Å². The molecule has 32 heavy (non-hydrogen) atoms. The lowest BCUT2D eigenvalue weighted by atomic mass is 9.44. The van der Waals surface area contributed by atoms with E-state index < -0.39 is 0 Å². The number of thiocarbonyl (C=S) groups is 1. The van der Waals surface area contributed by atoms with Crippen molar-refractivity contribution in [2.45, 2.75) is 118 Å². The van der Waals surface area contributed by atoms with Crippen LogP contribution in [0, 0.1) is 52.3 Å². The lowest BCUT2D eigenvalue weighted by Crippen LogP contribution is -2.54. The summed E-state index contributed by atoms with van der Waals surface area (Å²) in [6, 6.07) is 0. The zero-order valence-corrected chi connectivity index (χ0v) is 23.5. The molecule has 0 saturated heterocycles. The first-order valence-electron chi connectivity index (χ1n) is 13.9. The maximum Gasteiger partial charge on any atom is 0.219 e.